The minimum atomic E-state index is 0.503. The van der Waals surface area contributed by atoms with Crippen LogP contribution in [-0.4, -0.2) is 9.97 Å². The minimum absolute atomic E-state index is 0.503. The van der Waals surface area contributed by atoms with E-state index in [4.69, 9.17) is 16.9 Å². The van der Waals surface area contributed by atoms with E-state index in [9.17, 15) is 0 Å². The van der Waals surface area contributed by atoms with Gasteiger partial charge in [0.25, 0.3) is 0 Å². The Morgan fingerprint density at radius 2 is 1.76 bits per heavy atom. The van der Waals surface area contributed by atoms with Crippen LogP contribution in [0, 0.1) is 18.3 Å². The highest BCUT2D eigenvalue weighted by Gasteiger charge is 2.04. The van der Waals surface area contributed by atoms with Crippen molar-refractivity contribution in [2.45, 2.75) is 13.5 Å². The van der Waals surface area contributed by atoms with Gasteiger partial charge >= 0.3 is 0 Å². The van der Waals surface area contributed by atoms with Crippen molar-refractivity contribution in [2.75, 3.05) is 10.6 Å². The van der Waals surface area contributed by atoms with Gasteiger partial charge in [0.05, 0.1) is 11.6 Å². The molecule has 1 heterocycles. The molecule has 0 saturated heterocycles. The van der Waals surface area contributed by atoms with E-state index in [1.807, 2.05) is 49.4 Å². The fourth-order valence-corrected chi connectivity index (χ4v) is 2.39. The summed E-state index contributed by atoms with van der Waals surface area (Å²) in [7, 11) is 0. The van der Waals surface area contributed by atoms with Crippen LogP contribution in [0.15, 0.2) is 54.6 Å². The highest BCUT2D eigenvalue weighted by molar-refractivity contribution is 6.30. The second-order valence-corrected chi connectivity index (χ2v) is 5.95. The average molecular weight is 350 g/mol. The van der Waals surface area contributed by atoms with Crippen molar-refractivity contribution in [3.05, 3.63) is 76.4 Å². The first-order chi connectivity index (χ1) is 12.1. The molecule has 1 aromatic heterocycles. The van der Waals surface area contributed by atoms with Gasteiger partial charge in [0.15, 0.2) is 0 Å². The summed E-state index contributed by atoms with van der Waals surface area (Å²) in [5, 5.41) is 16.0. The average Bonchev–Trinajstić information content (AvgIpc) is 2.61. The Morgan fingerprint density at radius 3 is 2.44 bits per heavy atom. The molecule has 6 heteroatoms. The first-order valence-corrected chi connectivity index (χ1v) is 8.11. The molecule has 5 nitrogen and oxygen atoms in total. The van der Waals surface area contributed by atoms with Crippen LogP contribution >= 0.6 is 11.6 Å². The van der Waals surface area contributed by atoms with Gasteiger partial charge in [0.2, 0.25) is 5.95 Å². The molecule has 0 spiro atoms. The summed E-state index contributed by atoms with van der Waals surface area (Å²) in [6.07, 6.45) is 0. The number of nitrogens with one attached hydrogen (secondary N) is 2. The number of anilines is 3. The van der Waals surface area contributed by atoms with Crippen LogP contribution in [0.5, 0.6) is 0 Å². The van der Waals surface area contributed by atoms with Gasteiger partial charge in [-0.1, -0.05) is 23.7 Å². The van der Waals surface area contributed by atoms with Crippen molar-refractivity contribution < 1.29 is 0 Å². The van der Waals surface area contributed by atoms with Gasteiger partial charge in [-0.3, -0.25) is 0 Å². The number of hydrogen-bond donors (Lipinski definition) is 2. The fraction of sp³-hybridized carbons (Fsp3) is 0.105. The summed E-state index contributed by atoms with van der Waals surface area (Å²) in [6, 6.07) is 18.8. The normalized spacial score (nSPS) is 10.1. The highest BCUT2D eigenvalue weighted by atomic mass is 35.5. The fourth-order valence-electron chi connectivity index (χ4n) is 2.27. The maximum Gasteiger partial charge on any atom is 0.229 e. The van der Waals surface area contributed by atoms with E-state index in [1.165, 1.54) is 0 Å². The number of nitrogens with zero attached hydrogens (tertiary/aromatic N) is 3. The molecule has 0 amide bonds. The molecule has 2 N–H and O–H groups in total. The molecule has 124 valence electrons. The predicted molar refractivity (Wildman–Crippen MR) is 100.0 cm³/mol. The van der Waals surface area contributed by atoms with Crippen LogP contribution in [0.2, 0.25) is 5.02 Å². The topological polar surface area (TPSA) is 73.6 Å². The third-order valence-corrected chi connectivity index (χ3v) is 3.76. The van der Waals surface area contributed by atoms with Crippen molar-refractivity contribution in [3.63, 3.8) is 0 Å². The number of nitriles is 1. The van der Waals surface area contributed by atoms with E-state index >= 15 is 0 Å². The molecule has 3 rings (SSSR count). The van der Waals surface area contributed by atoms with Gasteiger partial charge < -0.3 is 10.6 Å². The SMILES string of the molecule is Cc1cc(NCc2ccc(Cl)cc2)nc(Nc2ccc(C#N)cc2)n1. The first-order valence-electron chi connectivity index (χ1n) is 7.73. The van der Waals surface area contributed by atoms with Gasteiger partial charge in [-0.2, -0.15) is 10.2 Å². The molecular formula is C19H16ClN5. The van der Waals surface area contributed by atoms with E-state index in [0.717, 1.165) is 27.8 Å². The lowest BCUT2D eigenvalue weighted by Gasteiger charge is -2.10. The van der Waals surface area contributed by atoms with E-state index < -0.39 is 0 Å². The molecule has 0 aliphatic heterocycles. The summed E-state index contributed by atoms with van der Waals surface area (Å²) in [4.78, 5) is 8.87. The summed E-state index contributed by atoms with van der Waals surface area (Å²) in [5.41, 5.74) is 3.40. The molecule has 0 unspecified atom stereocenters. The van der Waals surface area contributed by atoms with Crippen molar-refractivity contribution in [2.24, 2.45) is 0 Å². The highest BCUT2D eigenvalue weighted by Crippen LogP contribution is 2.17. The Balaban J connectivity index is 1.71. The smallest absolute Gasteiger partial charge is 0.229 e. The number of halogens is 1. The Kier molecular flexibility index (Phi) is 5.12. The summed E-state index contributed by atoms with van der Waals surface area (Å²) in [5.74, 6) is 1.24. The third-order valence-electron chi connectivity index (χ3n) is 3.51. The largest absolute Gasteiger partial charge is 0.366 e. The molecule has 25 heavy (non-hydrogen) atoms. The number of benzene rings is 2. The van der Waals surface area contributed by atoms with Gasteiger partial charge in [-0.25, -0.2) is 4.98 Å². The van der Waals surface area contributed by atoms with Gasteiger partial charge in [-0.05, 0) is 48.9 Å². The molecule has 0 aliphatic rings. The zero-order valence-electron chi connectivity index (χ0n) is 13.6. The standard InChI is InChI=1S/C19H16ClN5/c1-13-10-18(22-12-15-2-6-16(20)7-3-15)25-19(23-13)24-17-8-4-14(11-21)5-9-17/h2-10H,12H2,1H3,(H2,22,23,24,25). The predicted octanol–water partition coefficient (Wildman–Crippen LogP) is 4.67. The molecule has 0 aliphatic carbocycles. The second-order valence-electron chi connectivity index (χ2n) is 5.51. The van der Waals surface area contributed by atoms with E-state index in [1.54, 1.807) is 12.1 Å². The quantitative estimate of drug-likeness (QED) is 0.700. The summed E-state index contributed by atoms with van der Waals surface area (Å²) >= 11 is 5.90. The Labute approximate surface area is 151 Å². The van der Waals surface area contributed by atoms with Gasteiger partial charge in [-0.15, -0.1) is 0 Å². The lowest BCUT2D eigenvalue weighted by atomic mass is 10.2. The van der Waals surface area contributed by atoms with Crippen LogP contribution in [0.3, 0.4) is 0 Å². The zero-order chi connectivity index (χ0) is 17.6. The molecule has 0 atom stereocenters. The van der Waals surface area contributed by atoms with Crippen LogP contribution in [-0.2, 0) is 6.54 Å². The van der Waals surface area contributed by atoms with Gasteiger partial charge in [0, 0.05) is 29.0 Å². The molecular weight excluding hydrogens is 334 g/mol. The van der Waals surface area contributed by atoms with Crippen molar-refractivity contribution in [1.29, 1.82) is 5.26 Å². The lowest BCUT2D eigenvalue weighted by Crippen LogP contribution is -2.05. The van der Waals surface area contributed by atoms with Crippen molar-refractivity contribution >= 4 is 29.1 Å². The monoisotopic (exact) mass is 349 g/mol. The number of aromatic nitrogens is 2. The molecule has 0 radical (unpaired) electrons. The third kappa shape index (κ3) is 4.69. The van der Waals surface area contributed by atoms with Crippen LogP contribution < -0.4 is 10.6 Å². The van der Waals surface area contributed by atoms with Crippen LogP contribution in [0.1, 0.15) is 16.8 Å². The first kappa shape index (κ1) is 16.7. The number of hydrogen-bond acceptors (Lipinski definition) is 5. The Bertz CT molecular complexity index is 899. The van der Waals surface area contributed by atoms with Gasteiger partial charge in [0.1, 0.15) is 5.82 Å². The van der Waals surface area contributed by atoms with E-state index in [0.29, 0.717) is 18.1 Å². The van der Waals surface area contributed by atoms with Crippen molar-refractivity contribution in [3.8, 4) is 6.07 Å². The van der Waals surface area contributed by atoms with Crippen LogP contribution in [0.4, 0.5) is 17.5 Å². The molecule has 0 fully saturated rings. The lowest BCUT2D eigenvalue weighted by molar-refractivity contribution is 1.06. The van der Waals surface area contributed by atoms with E-state index in [-0.39, 0.29) is 0 Å². The zero-order valence-corrected chi connectivity index (χ0v) is 14.4. The maximum atomic E-state index is 8.85. The Morgan fingerprint density at radius 1 is 1.04 bits per heavy atom. The second kappa shape index (κ2) is 7.65. The Hall–Kier alpha value is -3.10. The summed E-state index contributed by atoms with van der Waals surface area (Å²) < 4.78 is 0. The summed E-state index contributed by atoms with van der Waals surface area (Å²) in [6.45, 7) is 2.56. The minimum Gasteiger partial charge on any atom is -0.366 e. The molecule has 0 saturated carbocycles. The van der Waals surface area contributed by atoms with E-state index in [2.05, 4.69) is 26.7 Å². The van der Waals surface area contributed by atoms with Crippen LogP contribution in [0.25, 0.3) is 0 Å². The molecule has 0 bridgehead atoms. The maximum absolute atomic E-state index is 8.85. The molecule has 2 aromatic carbocycles. The number of aryl methyl sites for hydroxylation is 1. The number of rotatable bonds is 5. The molecule has 3 aromatic rings. The van der Waals surface area contributed by atoms with Crippen molar-refractivity contribution in [1.82, 2.24) is 9.97 Å².